The molecule has 0 aliphatic carbocycles. The van der Waals surface area contributed by atoms with Crippen molar-refractivity contribution in [2.24, 2.45) is 0 Å². The smallest absolute Gasteiger partial charge is 0.250 e. The molecule has 0 aliphatic heterocycles. The van der Waals surface area contributed by atoms with E-state index in [2.05, 4.69) is 47.7 Å². The number of hydrogen-bond donors (Lipinski definition) is 1. The molecule has 1 unspecified atom stereocenters. The average Bonchev–Trinajstić information content (AvgIpc) is 2.72. The van der Waals surface area contributed by atoms with Crippen LogP contribution in [0.5, 0.6) is 23.0 Å². The first kappa shape index (κ1) is 27.1. The monoisotopic (exact) mass is 474 g/mol. The van der Waals surface area contributed by atoms with Gasteiger partial charge in [0.2, 0.25) is 8.32 Å². The van der Waals surface area contributed by atoms with Gasteiger partial charge in [0, 0.05) is 11.1 Å². The van der Waals surface area contributed by atoms with Crippen molar-refractivity contribution in [2.45, 2.75) is 78.6 Å². The Labute approximate surface area is 201 Å². The van der Waals surface area contributed by atoms with Crippen molar-refractivity contribution in [3.63, 3.8) is 0 Å². The number of aryl methyl sites for hydroxylation is 1. The van der Waals surface area contributed by atoms with Gasteiger partial charge in [-0.05, 0) is 66.7 Å². The van der Waals surface area contributed by atoms with Crippen molar-refractivity contribution >= 4 is 8.32 Å². The highest BCUT2D eigenvalue weighted by Crippen LogP contribution is 2.48. The summed E-state index contributed by atoms with van der Waals surface area (Å²) in [4.78, 5) is 0. The molecule has 33 heavy (non-hydrogen) atoms. The zero-order valence-corrected chi connectivity index (χ0v) is 23.5. The van der Waals surface area contributed by atoms with Gasteiger partial charge in [-0.3, -0.25) is 0 Å². The fourth-order valence-corrected chi connectivity index (χ4v) is 5.02. The highest BCUT2D eigenvalue weighted by atomic mass is 28.4. The summed E-state index contributed by atoms with van der Waals surface area (Å²) in [6.07, 6.45) is -0.916. The maximum absolute atomic E-state index is 11.7. The third kappa shape index (κ3) is 5.17. The van der Waals surface area contributed by atoms with E-state index in [9.17, 15) is 5.11 Å². The number of aliphatic hydroxyl groups excluding tert-OH is 1. The maximum Gasteiger partial charge on any atom is 0.250 e. The summed E-state index contributed by atoms with van der Waals surface area (Å²) in [6, 6.07) is 5.85. The van der Waals surface area contributed by atoms with E-state index < -0.39 is 14.4 Å². The summed E-state index contributed by atoms with van der Waals surface area (Å²) in [5, 5.41) is 11.8. The van der Waals surface area contributed by atoms with E-state index in [1.807, 2.05) is 32.0 Å². The normalized spacial score (nSPS) is 13.2. The maximum atomic E-state index is 11.7. The van der Waals surface area contributed by atoms with Crippen molar-refractivity contribution in [1.29, 1.82) is 0 Å². The first-order valence-corrected chi connectivity index (χ1v) is 14.4. The molecular formula is C27H42O5Si. The Kier molecular flexibility index (Phi) is 8.18. The summed E-state index contributed by atoms with van der Waals surface area (Å²) < 4.78 is 23.8. The highest BCUT2D eigenvalue weighted by molar-refractivity contribution is 6.74. The Morgan fingerprint density at radius 3 is 1.88 bits per heavy atom. The molecule has 5 nitrogen and oxygen atoms in total. The van der Waals surface area contributed by atoms with E-state index >= 15 is 0 Å². The molecule has 0 bridgehead atoms. The quantitative estimate of drug-likeness (QED) is 0.421. The molecule has 2 aromatic carbocycles. The fourth-order valence-electron chi connectivity index (χ4n) is 3.94. The third-order valence-corrected chi connectivity index (χ3v) is 11.2. The Morgan fingerprint density at radius 1 is 0.848 bits per heavy atom. The van der Waals surface area contributed by atoms with E-state index in [0.717, 1.165) is 28.0 Å². The average molecular weight is 475 g/mol. The van der Waals surface area contributed by atoms with Gasteiger partial charge in [-0.1, -0.05) is 40.7 Å². The minimum atomic E-state index is -2.04. The third-order valence-electron chi connectivity index (χ3n) is 6.89. The minimum Gasteiger partial charge on any atom is -0.543 e. The molecule has 2 aromatic rings. The fraction of sp³-hybridized carbons (Fsp3) is 0.556. The second-order valence-electron chi connectivity index (χ2n) is 10.5. The van der Waals surface area contributed by atoms with Crippen LogP contribution in [0.1, 0.15) is 74.5 Å². The number of ether oxygens (including phenoxy) is 3. The van der Waals surface area contributed by atoms with E-state index in [0.29, 0.717) is 22.8 Å². The molecule has 0 saturated carbocycles. The lowest BCUT2D eigenvalue weighted by molar-refractivity contribution is 0.211. The lowest BCUT2D eigenvalue weighted by atomic mass is 9.89. The van der Waals surface area contributed by atoms with Gasteiger partial charge in [-0.25, -0.2) is 0 Å². The molecule has 0 spiro atoms. The van der Waals surface area contributed by atoms with Gasteiger partial charge < -0.3 is 23.7 Å². The molecule has 184 valence electrons. The molecule has 1 N–H and O–H groups in total. The molecule has 1 atom stereocenters. The largest absolute Gasteiger partial charge is 0.543 e. The summed E-state index contributed by atoms with van der Waals surface area (Å²) in [5.74, 6) is 2.74. The molecule has 0 heterocycles. The zero-order chi connectivity index (χ0) is 25.3. The number of benzene rings is 2. The predicted octanol–water partition coefficient (Wildman–Crippen LogP) is 6.92. The first-order valence-electron chi connectivity index (χ1n) is 11.5. The second kappa shape index (κ2) is 9.98. The van der Waals surface area contributed by atoms with Crippen molar-refractivity contribution in [3.8, 4) is 23.0 Å². The molecule has 0 aliphatic rings. The summed E-state index contributed by atoms with van der Waals surface area (Å²) >= 11 is 0. The molecule has 2 rings (SSSR count). The molecule has 6 heteroatoms. The van der Waals surface area contributed by atoms with Gasteiger partial charge in [0.15, 0.2) is 11.5 Å². The standard InChI is InChI=1S/C27H42O5Si/c1-16(2)22-25(30-9)19(15-21(29-8)26(22)31-10)24(28)23-17(3)13-14-20(18(23)4)32-33(11,12)27(5,6)7/h13-16,24,28H,1-12H3. The van der Waals surface area contributed by atoms with E-state index in [1.54, 1.807) is 21.3 Å². The molecule has 0 fully saturated rings. The Bertz CT molecular complexity index is 989. The minimum absolute atomic E-state index is 0.0713. The van der Waals surface area contributed by atoms with Gasteiger partial charge >= 0.3 is 0 Å². The van der Waals surface area contributed by atoms with E-state index in [1.165, 1.54) is 0 Å². The Morgan fingerprint density at radius 2 is 1.42 bits per heavy atom. The van der Waals surface area contributed by atoms with Crippen molar-refractivity contribution in [2.75, 3.05) is 21.3 Å². The second-order valence-corrected chi connectivity index (χ2v) is 15.2. The zero-order valence-electron chi connectivity index (χ0n) is 22.5. The van der Waals surface area contributed by atoms with Crippen molar-refractivity contribution in [3.05, 3.63) is 46.0 Å². The topological polar surface area (TPSA) is 57.2 Å². The van der Waals surface area contributed by atoms with Crippen LogP contribution in [0.25, 0.3) is 0 Å². The van der Waals surface area contributed by atoms with Crippen LogP contribution in [0.3, 0.4) is 0 Å². The first-order chi connectivity index (χ1) is 15.2. The number of hydrogen-bond acceptors (Lipinski definition) is 5. The molecule has 0 aromatic heterocycles. The molecule has 0 amide bonds. The molecular weight excluding hydrogens is 432 g/mol. The number of rotatable bonds is 8. The number of methoxy groups -OCH3 is 3. The van der Waals surface area contributed by atoms with Crippen LogP contribution < -0.4 is 18.6 Å². The van der Waals surface area contributed by atoms with E-state index in [-0.39, 0.29) is 11.0 Å². The van der Waals surface area contributed by atoms with Crippen LogP contribution in [-0.4, -0.2) is 34.8 Å². The predicted molar refractivity (Wildman–Crippen MR) is 138 cm³/mol. The summed E-state index contributed by atoms with van der Waals surface area (Å²) in [6.45, 7) is 19.3. The van der Waals surface area contributed by atoms with Crippen LogP contribution >= 0.6 is 0 Å². The summed E-state index contributed by atoms with van der Waals surface area (Å²) in [7, 11) is 2.81. The number of aliphatic hydroxyl groups is 1. The lowest BCUT2D eigenvalue weighted by Crippen LogP contribution is -2.44. The van der Waals surface area contributed by atoms with Gasteiger partial charge in [0.1, 0.15) is 17.6 Å². The lowest BCUT2D eigenvalue weighted by Gasteiger charge is -2.37. The molecule has 0 radical (unpaired) electrons. The SMILES string of the molecule is COc1cc(C(O)c2c(C)ccc(O[Si](C)(C)C(C)(C)C)c2C)c(OC)c(C(C)C)c1OC. The Balaban J connectivity index is 2.74. The highest BCUT2D eigenvalue weighted by Gasteiger charge is 2.39. The summed E-state index contributed by atoms with van der Waals surface area (Å²) in [5.41, 5.74) is 4.28. The van der Waals surface area contributed by atoms with Crippen molar-refractivity contribution in [1.82, 2.24) is 0 Å². The molecule has 0 saturated heterocycles. The van der Waals surface area contributed by atoms with Gasteiger partial charge in [-0.2, -0.15) is 0 Å². The van der Waals surface area contributed by atoms with Gasteiger partial charge in [0.25, 0.3) is 0 Å². The van der Waals surface area contributed by atoms with Crippen molar-refractivity contribution < 1.29 is 23.7 Å². The van der Waals surface area contributed by atoms with Gasteiger partial charge in [0.05, 0.1) is 21.3 Å². The van der Waals surface area contributed by atoms with Crippen LogP contribution in [0, 0.1) is 13.8 Å². The van der Waals surface area contributed by atoms with Crippen LogP contribution in [0.15, 0.2) is 18.2 Å². The van der Waals surface area contributed by atoms with Crippen LogP contribution in [-0.2, 0) is 0 Å². The van der Waals surface area contributed by atoms with Crippen LogP contribution in [0.4, 0.5) is 0 Å². The van der Waals surface area contributed by atoms with Gasteiger partial charge in [-0.15, -0.1) is 0 Å². The Hall–Kier alpha value is -2.18. The van der Waals surface area contributed by atoms with Crippen LogP contribution in [0.2, 0.25) is 18.1 Å². The van der Waals surface area contributed by atoms with E-state index in [4.69, 9.17) is 18.6 Å².